The van der Waals surface area contributed by atoms with Crippen molar-refractivity contribution in [2.45, 2.75) is 6.54 Å². The summed E-state index contributed by atoms with van der Waals surface area (Å²) in [5, 5.41) is 9.25. The quantitative estimate of drug-likeness (QED) is 0.129. The van der Waals surface area contributed by atoms with Crippen molar-refractivity contribution < 1.29 is 18.4 Å². The Morgan fingerprint density at radius 1 is 0.829 bits per heavy atom. The maximum absolute atomic E-state index is 13.9. The number of hydrogen-bond acceptors (Lipinski definition) is 6. The summed E-state index contributed by atoms with van der Waals surface area (Å²) in [6.45, 7) is 0.426. The fourth-order valence-corrected chi connectivity index (χ4v) is 3.78. The van der Waals surface area contributed by atoms with Crippen LogP contribution in [0.5, 0.6) is 0 Å². The summed E-state index contributed by atoms with van der Waals surface area (Å²) < 4.78 is 27.8. The fraction of sp³-hybridized carbons (Fsp3) is 0.0385. The second kappa shape index (κ2) is 9.22. The molecule has 4 aromatic rings. The molecule has 9 heteroatoms. The Morgan fingerprint density at radius 3 is 2.17 bits per heavy atom. The first-order valence-corrected chi connectivity index (χ1v) is 10.7. The van der Waals surface area contributed by atoms with Crippen LogP contribution >= 0.6 is 0 Å². The van der Waals surface area contributed by atoms with E-state index in [4.69, 9.17) is 0 Å². The summed E-state index contributed by atoms with van der Waals surface area (Å²) in [4.78, 5) is 34.1. The Labute approximate surface area is 198 Å². The van der Waals surface area contributed by atoms with Gasteiger partial charge in [-0.1, -0.05) is 24.3 Å². The van der Waals surface area contributed by atoms with E-state index < -0.39 is 23.2 Å². The number of nitrogens with one attached hydrogen (secondary N) is 4. The van der Waals surface area contributed by atoms with Gasteiger partial charge in [0.05, 0.1) is 29.9 Å². The second-order valence-corrected chi connectivity index (χ2v) is 7.86. The zero-order chi connectivity index (χ0) is 24.4. The van der Waals surface area contributed by atoms with E-state index in [0.717, 1.165) is 17.8 Å². The molecule has 3 aromatic carbocycles. The van der Waals surface area contributed by atoms with Gasteiger partial charge in [-0.25, -0.2) is 13.8 Å². The highest BCUT2D eigenvalue weighted by molar-refractivity contribution is 6.32. The van der Waals surface area contributed by atoms with Crippen LogP contribution in [0, 0.1) is 11.6 Å². The van der Waals surface area contributed by atoms with Crippen molar-refractivity contribution in [3.05, 3.63) is 119 Å². The molecule has 4 N–H and O–H groups in total. The molecule has 0 saturated carbocycles. The van der Waals surface area contributed by atoms with Crippen LogP contribution in [0.4, 0.5) is 25.8 Å². The molecule has 0 spiro atoms. The number of anilines is 3. The molecule has 2 heterocycles. The average molecular weight is 471 g/mol. The van der Waals surface area contributed by atoms with Crippen LogP contribution in [0.1, 0.15) is 26.4 Å². The Hall–Kier alpha value is -4.79. The van der Waals surface area contributed by atoms with E-state index in [9.17, 15) is 18.4 Å². The van der Waals surface area contributed by atoms with Gasteiger partial charge in [-0.2, -0.15) is 0 Å². The molecule has 0 saturated heterocycles. The van der Waals surface area contributed by atoms with Crippen molar-refractivity contribution in [3.8, 4) is 0 Å². The molecule has 0 amide bonds. The van der Waals surface area contributed by atoms with Gasteiger partial charge < -0.3 is 20.9 Å². The summed E-state index contributed by atoms with van der Waals surface area (Å²) in [5.74, 6) is -3.10. The molecule has 1 aromatic heterocycles. The SMILES string of the molecule is O=C(C(C(=O)c1cccc(NCc2c[nH]cn2)c1)=C1Nc2ccccc2N1)c1cc(F)cc(F)c1. The molecule has 0 atom stereocenters. The molecule has 0 aliphatic carbocycles. The molecular weight excluding hydrogens is 452 g/mol. The zero-order valence-electron chi connectivity index (χ0n) is 18.2. The Bertz CT molecular complexity index is 1420. The zero-order valence-corrected chi connectivity index (χ0v) is 18.2. The minimum absolute atomic E-state index is 0.140. The lowest BCUT2D eigenvalue weighted by atomic mass is 9.95. The van der Waals surface area contributed by atoms with E-state index in [-0.39, 0.29) is 22.5 Å². The highest BCUT2D eigenvalue weighted by atomic mass is 19.1. The number of halogens is 2. The van der Waals surface area contributed by atoms with E-state index in [2.05, 4.69) is 25.9 Å². The Balaban J connectivity index is 1.52. The Morgan fingerprint density at radius 2 is 1.51 bits per heavy atom. The van der Waals surface area contributed by atoms with Crippen LogP contribution < -0.4 is 16.0 Å². The van der Waals surface area contributed by atoms with Crippen molar-refractivity contribution in [1.82, 2.24) is 9.97 Å². The first-order chi connectivity index (χ1) is 17.0. The number of Topliss-reactive ketones (excluding diaryl/α,β-unsaturated/α-hetero) is 2. The van der Waals surface area contributed by atoms with E-state index in [1.54, 1.807) is 61.1 Å². The number of benzene rings is 3. The number of hydrogen-bond donors (Lipinski definition) is 4. The smallest absolute Gasteiger partial charge is 0.200 e. The van der Waals surface area contributed by atoms with E-state index >= 15 is 0 Å². The van der Waals surface area contributed by atoms with Crippen LogP contribution in [0.3, 0.4) is 0 Å². The number of ketones is 2. The van der Waals surface area contributed by atoms with Gasteiger partial charge >= 0.3 is 0 Å². The van der Waals surface area contributed by atoms with Crippen LogP contribution in [0.15, 0.2) is 90.6 Å². The predicted octanol–water partition coefficient (Wildman–Crippen LogP) is 5.11. The third-order valence-corrected chi connectivity index (χ3v) is 5.43. The predicted molar refractivity (Wildman–Crippen MR) is 128 cm³/mol. The highest BCUT2D eigenvalue weighted by Gasteiger charge is 2.29. The van der Waals surface area contributed by atoms with Crippen molar-refractivity contribution in [2.24, 2.45) is 0 Å². The number of para-hydroxylation sites is 2. The average Bonchev–Trinajstić information content (AvgIpc) is 3.52. The van der Waals surface area contributed by atoms with Gasteiger partial charge in [0.25, 0.3) is 0 Å². The minimum Gasteiger partial charge on any atom is -0.379 e. The lowest BCUT2D eigenvalue weighted by Crippen LogP contribution is -2.21. The summed E-state index contributed by atoms with van der Waals surface area (Å²) >= 11 is 0. The maximum Gasteiger partial charge on any atom is 0.200 e. The molecule has 174 valence electrons. The Kier molecular flexibility index (Phi) is 5.80. The molecule has 5 rings (SSSR count). The number of rotatable bonds is 7. The minimum atomic E-state index is -0.912. The van der Waals surface area contributed by atoms with Crippen molar-refractivity contribution in [1.29, 1.82) is 0 Å². The third kappa shape index (κ3) is 4.65. The van der Waals surface area contributed by atoms with E-state index in [1.165, 1.54) is 0 Å². The third-order valence-electron chi connectivity index (χ3n) is 5.43. The van der Waals surface area contributed by atoms with Crippen molar-refractivity contribution in [3.63, 3.8) is 0 Å². The lowest BCUT2D eigenvalue weighted by Gasteiger charge is -2.12. The lowest BCUT2D eigenvalue weighted by molar-refractivity contribution is 0.0960. The summed E-state index contributed by atoms with van der Waals surface area (Å²) in [7, 11) is 0. The molecule has 0 radical (unpaired) electrons. The largest absolute Gasteiger partial charge is 0.379 e. The number of carbonyl (C=O) groups excluding carboxylic acids is 2. The first kappa shape index (κ1) is 22.0. The van der Waals surface area contributed by atoms with E-state index in [0.29, 0.717) is 29.7 Å². The van der Waals surface area contributed by atoms with E-state index in [1.807, 2.05) is 0 Å². The van der Waals surface area contributed by atoms with Gasteiger partial charge in [0.2, 0.25) is 11.6 Å². The van der Waals surface area contributed by atoms with Crippen LogP contribution in [-0.4, -0.2) is 21.5 Å². The molecule has 0 bridgehead atoms. The van der Waals surface area contributed by atoms with Crippen LogP contribution in [-0.2, 0) is 6.54 Å². The van der Waals surface area contributed by atoms with Gasteiger partial charge in [-0.15, -0.1) is 0 Å². The molecule has 1 aliphatic rings. The number of aromatic nitrogens is 2. The molecule has 7 nitrogen and oxygen atoms in total. The molecule has 1 aliphatic heterocycles. The molecule has 0 fully saturated rings. The number of nitrogens with zero attached hydrogens (tertiary/aromatic N) is 1. The number of allylic oxidation sites excluding steroid dienone is 1. The monoisotopic (exact) mass is 471 g/mol. The summed E-state index contributed by atoms with van der Waals surface area (Å²) in [6.07, 6.45) is 3.31. The van der Waals surface area contributed by atoms with Gasteiger partial charge in [0.1, 0.15) is 23.0 Å². The summed E-state index contributed by atoms with van der Waals surface area (Å²) in [5.41, 5.74) is 2.44. The molecule has 35 heavy (non-hydrogen) atoms. The first-order valence-electron chi connectivity index (χ1n) is 10.7. The normalized spacial score (nSPS) is 11.9. The molecular formula is C26H19F2N5O2. The summed E-state index contributed by atoms with van der Waals surface area (Å²) in [6, 6.07) is 16.3. The van der Waals surface area contributed by atoms with Gasteiger partial charge in [0.15, 0.2) is 0 Å². The number of H-pyrrole nitrogens is 1. The highest BCUT2D eigenvalue weighted by Crippen LogP contribution is 2.33. The van der Waals surface area contributed by atoms with Crippen molar-refractivity contribution in [2.75, 3.05) is 16.0 Å². The van der Waals surface area contributed by atoms with Gasteiger partial charge in [0, 0.05) is 29.1 Å². The number of imidazole rings is 1. The van der Waals surface area contributed by atoms with Gasteiger partial charge in [-0.05, 0) is 36.4 Å². The fourth-order valence-electron chi connectivity index (χ4n) is 3.78. The maximum atomic E-state index is 13.9. The number of carbonyl (C=O) groups is 2. The standard InChI is InChI=1S/C26H19F2N5O2/c27-17-8-16(9-18(28)11-17)25(35)23(26-32-21-6-1-2-7-22(21)33-26)24(34)15-4-3-5-19(10-15)30-13-20-12-29-14-31-20/h1-12,14,30,32-33H,13H2,(H,29,31). The van der Waals surface area contributed by atoms with Gasteiger partial charge in [-0.3, -0.25) is 9.59 Å². The van der Waals surface area contributed by atoms with Crippen molar-refractivity contribution >= 4 is 28.6 Å². The second-order valence-electron chi connectivity index (χ2n) is 7.86. The topological polar surface area (TPSA) is 98.9 Å². The van der Waals surface area contributed by atoms with Crippen LogP contribution in [0.25, 0.3) is 0 Å². The number of aromatic amines is 1. The van der Waals surface area contributed by atoms with Crippen LogP contribution in [0.2, 0.25) is 0 Å². The number of fused-ring (bicyclic) bond motifs is 1. The molecule has 0 unspecified atom stereocenters.